The first-order valence-corrected chi connectivity index (χ1v) is 7.40. The van der Waals surface area contributed by atoms with E-state index in [9.17, 15) is 19.2 Å². The van der Waals surface area contributed by atoms with Gasteiger partial charge in [-0.25, -0.2) is 0 Å². The zero-order valence-corrected chi connectivity index (χ0v) is 13.5. The van der Waals surface area contributed by atoms with Crippen molar-refractivity contribution in [1.82, 2.24) is 9.88 Å². The quantitative estimate of drug-likeness (QED) is 0.701. The second-order valence-electron chi connectivity index (χ2n) is 5.36. The van der Waals surface area contributed by atoms with Gasteiger partial charge in [0.1, 0.15) is 6.54 Å². The Morgan fingerprint density at radius 2 is 1.80 bits per heavy atom. The van der Waals surface area contributed by atoms with E-state index in [0.717, 1.165) is 0 Å². The summed E-state index contributed by atoms with van der Waals surface area (Å²) in [5, 5.41) is 13.4. The smallest absolute Gasteiger partial charge is 0.322 e. The van der Waals surface area contributed by atoms with Crippen molar-refractivity contribution in [3.8, 4) is 0 Å². The highest BCUT2D eigenvalue weighted by Gasteiger charge is 2.08. The Labute approximate surface area is 143 Å². The molecule has 8 nitrogen and oxygen atoms in total. The number of carbonyl (C=O) groups is 3. The molecule has 8 heteroatoms. The maximum atomic E-state index is 12.1. The van der Waals surface area contributed by atoms with Crippen LogP contribution < -0.4 is 16.2 Å². The second kappa shape index (κ2) is 7.91. The zero-order chi connectivity index (χ0) is 18.4. The predicted molar refractivity (Wildman–Crippen MR) is 90.4 cm³/mol. The molecule has 1 aromatic heterocycles. The van der Waals surface area contributed by atoms with Crippen LogP contribution in [0.15, 0.2) is 47.4 Å². The van der Waals surface area contributed by atoms with Crippen molar-refractivity contribution in [1.29, 1.82) is 0 Å². The summed E-state index contributed by atoms with van der Waals surface area (Å²) in [7, 11) is 1.59. The molecule has 0 radical (unpaired) electrons. The summed E-state index contributed by atoms with van der Waals surface area (Å²) in [4.78, 5) is 45.6. The number of nitrogens with zero attached hydrogens (tertiary/aromatic N) is 1. The SMILES string of the molecule is Cn1ccc(C(=O)Nc2ccc(CC(=O)NCC(=O)O)cc2)cc1=O. The number of aryl methyl sites for hydroxylation is 1. The molecule has 0 unspecified atom stereocenters. The van der Waals surface area contributed by atoms with Crippen molar-refractivity contribution in [2.75, 3.05) is 11.9 Å². The van der Waals surface area contributed by atoms with Crippen molar-refractivity contribution in [3.63, 3.8) is 0 Å². The van der Waals surface area contributed by atoms with Crippen LogP contribution in [0.25, 0.3) is 0 Å². The third-order valence-corrected chi connectivity index (χ3v) is 3.38. The molecule has 0 aliphatic carbocycles. The van der Waals surface area contributed by atoms with E-state index in [-0.39, 0.29) is 17.5 Å². The van der Waals surface area contributed by atoms with Crippen molar-refractivity contribution >= 4 is 23.5 Å². The summed E-state index contributed by atoms with van der Waals surface area (Å²) in [6.45, 7) is -0.427. The molecule has 0 atom stereocenters. The molecule has 2 rings (SSSR count). The summed E-state index contributed by atoms with van der Waals surface area (Å²) in [5.74, 6) is -1.92. The van der Waals surface area contributed by atoms with Gasteiger partial charge >= 0.3 is 5.97 Å². The molecule has 0 spiro atoms. The van der Waals surface area contributed by atoms with Gasteiger partial charge in [-0.15, -0.1) is 0 Å². The second-order valence-corrected chi connectivity index (χ2v) is 5.36. The molecule has 0 aliphatic rings. The fourth-order valence-electron chi connectivity index (χ4n) is 2.02. The highest BCUT2D eigenvalue weighted by molar-refractivity contribution is 6.04. The van der Waals surface area contributed by atoms with Gasteiger partial charge in [-0.1, -0.05) is 12.1 Å². The van der Waals surface area contributed by atoms with E-state index in [1.54, 1.807) is 31.3 Å². The minimum absolute atomic E-state index is 0.0379. The fourth-order valence-corrected chi connectivity index (χ4v) is 2.02. The minimum Gasteiger partial charge on any atom is -0.480 e. The lowest BCUT2D eigenvalue weighted by molar-refractivity contribution is -0.137. The Bertz CT molecular complexity index is 855. The lowest BCUT2D eigenvalue weighted by Gasteiger charge is -2.07. The number of pyridine rings is 1. The maximum absolute atomic E-state index is 12.1. The highest BCUT2D eigenvalue weighted by Crippen LogP contribution is 2.11. The molecule has 1 aromatic carbocycles. The summed E-state index contributed by atoms with van der Waals surface area (Å²) in [5.41, 5.74) is 1.16. The number of nitrogens with one attached hydrogen (secondary N) is 2. The largest absolute Gasteiger partial charge is 0.480 e. The number of benzene rings is 1. The molecule has 0 saturated heterocycles. The number of hydrogen-bond donors (Lipinski definition) is 3. The van der Waals surface area contributed by atoms with Crippen LogP contribution in [0.4, 0.5) is 5.69 Å². The van der Waals surface area contributed by atoms with E-state index in [2.05, 4.69) is 10.6 Å². The van der Waals surface area contributed by atoms with E-state index in [0.29, 0.717) is 11.3 Å². The van der Waals surface area contributed by atoms with Gasteiger partial charge in [0, 0.05) is 30.6 Å². The number of carbonyl (C=O) groups excluding carboxylic acids is 2. The number of anilines is 1. The Hall–Kier alpha value is -3.42. The standard InChI is InChI=1S/C17H17N3O5/c1-20-7-6-12(9-15(20)22)17(25)19-13-4-2-11(3-5-13)8-14(21)18-10-16(23)24/h2-7,9H,8,10H2,1H3,(H,18,21)(H,19,25)(H,23,24). The maximum Gasteiger partial charge on any atom is 0.322 e. The van der Waals surface area contributed by atoms with Gasteiger partial charge in [-0.3, -0.25) is 19.2 Å². The first-order chi connectivity index (χ1) is 11.8. The van der Waals surface area contributed by atoms with Gasteiger partial charge in [0.2, 0.25) is 5.91 Å². The molecule has 2 aromatic rings. The molecule has 2 amide bonds. The zero-order valence-electron chi connectivity index (χ0n) is 13.5. The molecular formula is C17H17N3O5. The van der Waals surface area contributed by atoms with Crippen molar-refractivity contribution in [2.24, 2.45) is 7.05 Å². The van der Waals surface area contributed by atoms with E-state index >= 15 is 0 Å². The van der Waals surface area contributed by atoms with Crippen LogP contribution in [-0.2, 0) is 23.1 Å². The van der Waals surface area contributed by atoms with Crippen LogP contribution in [0, 0.1) is 0 Å². The highest BCUT2D eigenvalue weighted by atomic mass is 16.4. The summed E-state index contributed by atoms with van der Waals surface area (Å²) >= 11 is 0. The average molecular weight is 343 g/mol. The topological polar surface area (TPSA) is 118 Å². The Balaban J connectivity index is 1.96. The van der Waals surface area contributed by atoms with Crippen LogP contribution in [0.1, 0.15) is 15.9 Å². The number of amides is 2. The van der Waals surface area contributed by atoms with E-state index in [1.165, 1.54) is 22.9 Å². The fraction of sp³-hybridized carbons (Fsp3) is 0.176. The van der Waals surface area contributed by atoms with Gasteiger partial charge in [0.05, 0.1) is 6.42 Å². The van der Waals surface area contributed by atoms with Crippen LogP contribution in [0.5, 0.6) is 0 Å². The number of rotatable bonds is 6. The molecular weight excluding hydrogens is 326 g/mol. The first kappa shape index (κ1) is 17.9. The number of hydrogen-bond acceptors (Lipinski definition) is 4. The third kappa shape index (κ3) is 5.31. The lowest BCUT2D eigenvalue weighted by atomic mass is 10.1. The minimum atomic E-state index is -1.11. The lowest BCUT2D eigenvalue weighted by Crippen LogP contribution is -2.30. The van der Waals surface area contributed by atoms with Gasteiger partial charge in [0.25, 0.3) is 11.5 Å². The molecule has 130 valence electrons. The number of carboxylic acid groups (broad SMARTS) is 1. The molecule has 25 heavy (non-hydrogen) atoms. The summed E-state index contributed by atoms with van der Waals surface area (Å²) in [6, 6.07) is 9.34. The van der Waals surface area contributed by atoms with Gasteiger partial charge in [-0.05, 0) is 23.8 Å². The predicted octanol–water partition coefficient (Wildman–Crippen LogP) is 0.381. The van der Waals surface area contributed by atoms with Crippen molar-refractivity contribution in [2.45, 2.75) is 6.42 Å². The summed E-state index contributed by atoms with van der Waals surface area (Å²) in [6.07, 6.45) is 1.55. The van der Waals surface area contributed by atoms with Crippen molar-refractivity contribution in [3.05, 3.63) is 64.1 Å². The molecule has 0 fully saturated rings. The van der Waals surface area contributed by atoms with E-state index in [4.69, 9.17) is 5.11 Å². The Morgan fingerprint density at radius 1 is 1.12 bits per heavy atom. The molecule has 1 heterocycles. The number of aliphatic carboxylic acids is 1. The van der Waals surface area contributed by atoms with Crippen LogP contribution in [-0.4, -0.2) is 34.0 Å². The van der Waals surface area contributed by atoms with Gasteiger partial charge < -0.3 is 20.3 Å². The third-order valence-electron chi connectivity index (χ3n) is 3.38. The average Bonchev–Trinajstić information content (AvgIpc) is 2.57. The van der Waals surface area contributed by atoms with Gasteiger partial charge in [0.15, 0.2) is 0 Å². The summed E-state index contributed by atoms with van der Waals surface area (Å²) < 4.78 is 1.36. The molecule has 0 bridgehead atoms. The normalized spacial score (nSPS) is 10.1. The Kier molecular flexibility index (Phi) is 5.67. The first-order valence-electron chi connectivity index (χ1n) is 7.40. The number of aromatic nitrogens is 1. The Morgan fingerprint density at radius 3 is 2.40 bits per heavy atom. The van der Waals surface area contributed by atoms with Crippen LogP contribution in [0.3, 0.4) is 0 Å². The molecule has 3 N–H and O–H groups in total. The molecule has 0 aliphatic heterocycles. The molecule has 0 saturated carbocycles. The van der Waals surface area contributed by atoms with Gasteiger partial charge in [-0.2, -0.15) is 0 Å². The van der Waals surface area contributed by atoms with Crippen LogP contribution in [0.2, 0.25) is 0 Å². The van der Waals surface area contributed by atoms with Crippen LogP contribution >= 0.6 is 0 Å². The van der Waals surface area contributed by atoms with E-state index in [1.807, 2.05) is 0 Å². The van der Waals surface area contributed by atoms with Crippen molar-refractivity contribution < 1.29 is 19.5 Å². The van der Waals surface area contributed by atoms with E-state index < -0.39 is 24.3 Å². The number of carboxylic acids is 1. The monoisotopic (exact) mass is 343 g/mol.